The van der Waals surface area contributed by atoms with Crippen LogP contribution in [0.4, 0.5) is 0 Å². The maximum absolute atomic E-state index is 11.1. The summed E-state index contributed by atoms with van der Waals surface area (Å²) in [5.74, 6) is -1.51. The van der Waals surface area contributed by atoms with E-state index >= 15 is 0 Å². The summed E-state index contributed by atoms with van der Waals surface area (Å²) in [7, 11) is -4.41. The Bertz CT molecular complexity index is 437. The summed E-state index contributed by atoms with van der Waals surface area (Å²) >= 11 is 0. The Morgan fingerprint density at radius 2 is 1.61 bits per heavy atom. The van der Waals surface area contributed by atoms with E-state index in [9.17, 15) is 18.0 Å². The number of carboxylic acid groups (broad SMARTS) is 1. The van der Waals surface area contributed by atoms with Gasteiger partial charge in [0.05, 0.1) is 5.41 Å². The van der Waals surface area contributed by atoms with E-state index in [0.29, 0.717) is 0 Å². The van der Waals surface area contributed by atoms with Gasteiger partial charge in [0.15, 0.2) is 5.78 Å². The normalized spacial score (nSPS) is 12.7. The Morgan fingerprint density at radius 1 is 1.28 bits per heavy atom. The molecule has 0 bridgehead atoms. The highest BCUT2D eigenvalue weighted by Crippen LogP contribution is 2.23. The van der Waals surface area contributed by atoms with Crippen LogP contribution in [0.15, 0.2) is 25.3 Å². The largest absolute Gasteiger partial charge is 0.478 e. The molecule has 0 radical (unpaired) electrons. The third kappa shape index (κ3) is 6.28. The van der Waals surface area contributed by atoms with Crippen molar-refractivity contribution in [3.63, 3.8) is 0 Å². The number of ketones is 1. The van der Waals surface area contributed by atoms with Crippen molar-refractivity contribution < 1.29 is 27.7 Å². The van der Waals surface area contributed by atoms with Gasteiger partial charge in [-0.3, -0.25) is 9.35 Å². The Morgan fingerprint density at radius 3 is 1.78 bits per heavy atom. The third-order valence-electron chi connectivity index (χ3n) is 2.03. The van der Waals surface area contributed by atoms with E-state index in [2.05, 4.69) is 13.2 Å². The van der Waals surface area contributed by atoms with Crippen LogP contribution in [0.2, 0.25) is 0 Å². The highest BCUT2D eigenvalue weighted by atomic mass is 32.2. The van der Waals surface area contributed by atoms with E-state index in [1.165, 1.54) is 13.8 Å². The van der Waals surface area contributed by atoms with E-state index in [1.54, 1.807) is 0 Å². The van der Waals surface area contributed by atoms with E-state index in [1.807, 2.05) is 0 Å². The number of allylic oxidation sites excluding steroid dienone is 1. The highest BCUT2D eigenvalue weighted by molar-refractivity contribution is 7.86. The second kappa shape index (κ2) is 7.04. The zero-order valence-corrected chi connectivity index (χ0v) is 11.0. The SMILES string of the molecule is C=CC(=O)C(C)(C)C(N)S(=O)(=O)O.C=CC(=O)O. The van der Waals surface area contributed by atoms with Crippen LogP contribution < -0.4 is 5.73 Å². The van der Waals surface area contributed by atoms with Gasteiger partial charge in [-0.15, -0.1) is 0 Å². The summed E-state index contributed by atoms with van der Waals surface area (Å²) in [6.45, 7) is 8.83. The van der Waals surface area contributed by atoms with Gasteiger partial charge in [-0.05, 0) is 19.9 Å². The lowest BCUT2D eigenvalue weighted by atomic mass is 9.88. The topological polar surface area (TPSA) is 135 Å². The molecule has 0 aromatic carbocycles. The number of carboxylic acids is 1. The number of carbonyl (C=O) groups is 2. The standard InChI is InChI=1S/C7H13NO4S.C3H4O2/c1-4-5(9)7(2,3)6(8)13(10,11)12;1-2-3(4)5/h4,6H,1,8H2,2-3H3,(H,10,11,12);2H,1H2,(H,4,5). The summed E-state index contributed by atoms with van der Waals surface area (Å²) in [5.41, 5.74) is 3.83. The molecule has 0 aromatic heterocycles. The van der Waals surface area contributed by atoms with Crippen LogP contribution in [0.3, 0.4) is 0 Å². The lowest BCUT2D eigenvalue weighted by Gasteiger charge is -2.25. The molecule has 0 heterocycles. The molecule has 4 N–H and O–H groups in total. The molecule has 1 unspecified atom stereocenters. The molecule has 0 saturated carbocycles. The fourth-order valence-electron chi connectivity index (χ4n) is 0.776. The van der Waals surface area contributed by atoms with Crippen LogP contribution >= 0.6 is 0 Å². The smallest absolute Gasteiger partial charge is 0.327 e. The molecule has 8 heteroatoms. The Kier molecular flexibility index (Phi) is 7.37. The van der Waals surface area contributed by atoms with Crippen molar-refractivity contribution in [1.29, 1.82) is 0 Å². The van der Waals surface area contributed by atoms with Crippen molar-refractivity contribution in [3.8, 4) is 0 Å². The lowest BCUT2D eigenvalue weighted by Crippen LogP contribution is -2.47. The van der Waals surface area contributed by atoms with Crippen LogP contribution in [0, 0.1) is 5.41 Å². The number of hydrogen-bond donors (Lipinski definition) is 3. The minimum Gasteiger partial charge on any atom is -0.478 e. The number of rotatable bonds is 5. The maximum Gasteiger partial charge on any atom is 0.327 e. The highest BCUT2D eigenvalue weighted by Gasteiger charge is 2.40. The zero-order chi connectivity index (χ0) is 15.1. The van der Waals surface area contributed by atoms with Crippen molar-refractivity contribution in [1.82, 2.24) is 0 Å². The molecule has 0 spiro atoms. The van der Waals surface area contributed by atoms with Gasteiger partial charge in [0.2, 0.25) is 0 Å². The molecule has 0 fully saturated rings. The number of nitrogens with two attached hydrogens (primary N) is 1. The Labute approximate surface area is 106 Å². The van der Waals surface area contributed by atoms with Crippen molar-refractivity contribution in [2.24, 2.45) is 11.1 Å². The Balaban J connectivity index is 0. The summed E-state index contributed by atoms with van der Waals surface area (Å²) in [6.07, 6.45) is 1.81. The zero-order valence-electron chi connectivity index (χ0n) is 10.2. The first kappa shape index (κ1) is 18.8. The van der Waals surface area contributed by atoms with Gasteiger partial charge >= 0.3 is 5.97 Å². The molecule has 0 aliphatic heterocycles. The predicted octanol–water partition coefficient (Wildman–Crippen LogP) is 0.197. The molecule has 18 heavy (non-hydrogen) atoms. The van der Waals surface area contributed by atoms with Crippen LogP contribution in [0.5, 0.6) is 0 Å². The van der Waals surface area contributed by atoms with Gasteiger partial charge in [-0.25, -0.2) is 4.79 Å². The monoisotopic (exact) mass is 279 g/mol. The van der Waals surface area contributed by atoms with Gasteiger partial charge < -0.3 is 10.8 Å². The summed E-state index contributed by atoms with van der Waals surface area (Å²) < 4.78 is 29.9. The van der Waals surface area contributed by atoms with Crippen molar-refractivity contribution in [2.45, 2.75) is 19.2 Å². The van der Waals surface area contributed by atoms with Crippen molar-refractivity contribution in [3.05, 3.63) is 25.3 Å². The lowest BCUT2D eigenvalue weighted by molar-refractivity contribution is -0.131. The summed E-state index contributed by atoms with van der Waals surface area (Å²) in [6, 6.07) is 0. The average molecular weight is 279 g/mol. The molecule has 7 nitrogen and oxygen atoms in total. The van der Waals surface area contributed by atoms with Gasteiger partial charge in [-0.1, -0.05) is 13.2 Å². The average Bonchev–Trinajstić information content (AvgIpc) is 2.26. The second-order valence-electron chi connectivity index (χ2n) is 3.77. The van der Waals surface area contributed by atoms with E-state index in [-0.39, 0.29) is 0 Å². The van der Waals surface area contributed by atoms with E-state index < -0.39 is 32.7 Å². The molecular weight excluding hydrogens is 262 g/mol. The molecule has 104 valence electrons. The van der Waals surface area contributed by atoms with Crippen molar-refractivity contribution >= 4 is 21.9 Å². The molecule has 1 atom stereocenters. The molecule has 0 saturated heterocycles. The van der Waals surface area contributed by atoms with Crippen molar-refractivity contribution in [2.75, 3.05) is 0 Å². The van der Waals surface area contributed by atoms with Gasteiger partial charge in [-0.2, -0.15) is 8.42 Å². The fraction of sp³-hybridized carbons (Fsp3) is 0.400. The summed E-state index contributed by atoms with van der Waals surface area (Å²) in [4.78, 5) is 20.4. The van der Waals surface area contributed by atoms with Crippen LogP contribution in [-0.4, -0.2) is 35.2 Å². The second-order valence-corrected chi connectivity index (χ2v) is 5.31. The van der Waals surface area contributed by atoms with Crippen LogP contribution in [-0.2, 0) is 19.7 Å². The first-order chi connectivity index (χ1) is 7.91. The first-order valence-corrected chi connectivity index (χ1v) is 6.15. The third-order valence-corrected chi connectivity index (χ3v) is 3.26. The quantitative estimate of drug-likeness (QED) is 0.483. The molecule has 0 rings (SSSR count). The summed E-state index contributed by atoms with van der Waals surface area (Å²) in [5, 5.41) is 5.97. The minimum absolute atomic E-state index is 0.530. The van der Waals surface area contributed by atoms with Crippen LogP contribution in [0.25, 0.3) is 0 Å². The first-order valence-electron chi connectivity index (χ1n) is 4.65. The van der Waals surface area contributed by atoms with E-state index in [0.717, 1.165) is 12.2 Å². The van der Waals surface area contributed by atoms with Gasteiger partial charge in [0, 0.05) is 6.08 Å². The minimum atomic E-state index is -4.41. The molecule has 0 aliphatic rings. The predicted molar refractivity (Wildman–Crippen MR) is 66.3 cm³/mol. The molecule has 0 aromatic rings. The van der Waals surface area contributed by atoms with Crippen LogP contribution in [0.1, 0.15) is 13.8 Å². The molecule has 0 aliphatic carbocycles. The number of aliphatic carboxylic acids is 1. The van der Waals surface area contributed by atoms with Gasteiger partial charge in [0.25, 0.3) is 10.1 Å². The molecule has 0 amide bonds. The number of carbonyl (C=O) groups excluding carboxylic acids is 1. The van der Waals surface area contributed by atoms with Gasteiger partial charge in [0.1, 0.15) is 5.37 Å². The Hall–Kier alpha value is -1.51. The van der Waals surface area contributed by atoms with E-state index in [4.69, 9.17) is 15.4 Å². The fourth-order valence-corrected chi connectivity index (χ4v) is 1.64. The molecular formula is C10H17NO6S. The maximum atomic E-state index is 11.1. The number of hydrogen-bond acceptors (Lipinski definition) is 5.